The van der Waals surface area contributed by atoms with Crippen LogP contribution in [-0.2, 0) is 14.3 Å². The highest BCUT2D eigenvalue weighted by Crippen LogP contribution is 2.39. The monoisotopic (exact) mass is 487 g/mol. The molecule has 4 rings (SSSR count). The fourth-order valence-corrected chi connectivity index (χ4v) is 4.96. The molecule has 2 aromatic carbocycles. The van der Waals surface area contributed by atoms with Gasteiger partial charge in [-0.1, -0.05) is 18.2 Å². The van der Waals surface area contributed by atoms with Crippen molar-refractivity contribution in [1.82, 2.24) is 9.80 Å². The van der Waals surface area contributed by atoms with Crippen LogP contribution in [0.15, 0.2) is 42.5 Å². The largest absolute Gasteiger partial charge is 0.382 e. The number of carbonyl (C=O) groups is 1. The van der Waals surface area contributed by atoms with Gasteiger partial charge in [0, 0.05) is 52.3 Å². The zero-order chi connectivity index (χ0) is 24.6. The first-order chi connectivity index (χ1) is 17.0. The number of hydrogen-bond donors (Lipinski definition) is 0. The van der Waals surface area contributed by atoms with Crippen LogP contribution in [0.1, 0.15) is 29.9 Å². The van der Waals surface area contributed by atoms with Crippen LogP contribution in [0.3, 0.4) is 0 Å². The van der Waals surface area contributed by atoms with E-state index in [1.54, 1.807) is 30.2 Å². The van der Waals surface area contributed by atoms with Crippen molar-refractivity contribution in [3.8, 4) is 0 Å². The molecule has 2 aliphatic rings. The van der Waals surface area contributed by atoms with Gasteiger partial charge in [-0.05, 0) is 48.2 Å². The second-order valence-electron chi connectivity index (χ2n) is 9.22. The van der Waals surface area contributed by atoms with Crippen molar-refractivity contribution in [2.45, 2.75) is 18.8 Å². The molecule has 1 unspecified atom stereocenters. The van der Waals surface area contributed by atoms with Gasteiger partial charge < -0.3 is 14.4 Å². The molecule has 2 heterocycles. The average molecular weight is 488 g/mol. The van der Waals surface area contributed by atoms with E-state index in [0.717, 1.165) is 56.7 Å². The number of benzene rings is 2. The lowest BCUT2D eigenvalue weighted by Gasteiger charge is -2.35. The quantitative estimate of drug-likeness (QED) is 0.507. The standard InChI is InChI=1S/C27H35F2N3O3/c1-34-17-18-35-16-15-30-11-13-31(14-12-30)20-27(33)32-10-2-3-24(21-4-6-22(28)7-5-21)25-9-8-23(29)19-26(25)32/h4-9,19,24H,2-3,10-18,20H2,1H3. The Morgan fingerprint density at radius 1 is 0.914 bits per heavy atom. The van der Waals surface area contributed by atoms with E-state index in [0.29, 0.717) is 38.6 Å². The Morgan fingerprint density at radius 3 is 2.37 bits per heavy atom. The first kappa shape index (κ1) is 25.7. The van der Waals surface area contributed by atoms with Crippen LogP contribution in [0.2, 0.25) is 0 Å². The third kappa shape index (κ3) is 6.85. The van der Waals surface area contributed by atoms with E-state index in [9.17, 15) is 13.6 Å². The number of nitrogens with zero attached hydrogens (tertiary/aromatic N) is 3. The summed E-state index contributed by atoms with van der Waals surface area (Å²) in [6.07, 6.45) is 1.61. The van der Waals surface area contributed by atoms with Crippen LogP contribution in [0, 0.1) is 11.6 Å². The molecule has 8 heteroatoms. The minimum atomic E-state index is -0.359. The topological polar surface area (TPSA) is 45.3 Å². The van der Waals surface area contributed by atoms with E-state index in [1.807, 2.05) is 0 Å². The number of rotatable bonds is 9. The molecule has 1 fully saturated rings. The molecule has 1 atom stereocenters. The molecule has 0 spiro atoms. The molecule has 0 bridgehead atoms. The number of halogens is 2. The first-order valence-corrected chi connectivity index (χ1v) is 12.4. The summed E-state index contributed by atoms with van der Waals surface area (Å²) in [5.74, 6) is -0.647. The van der Waals surface area contributed by atoms with Gasteiger partial charge in [-0.2, -0.15) is 0 Å². The molecule has 0 aromatic heterocycles. The molecule has 190 valence electrons. The summed E-state index contributed by atoms with van der Waals surface area (Å²) < 4.78 is 38.3. The molecule has 0 N–H and O–H groups in total. The molecule has 1 amide bonds. The number of ether oxygens (including phenoxy) is 2. The number of fused-ring (bicyclic) bond motifs is 1. The summed E-state index contributed by atoms with van der Waals surface area (Å²) in [5, 5.41) is 0. The maximum absolute atomic E-state index is 14.3. The molecular formula is C27H35F2N3O3. The van der Waals surface area contributed by atoms with Crippen LogP contribution in [0.25, 0.3) is 0 Å². The highest BCUT2D eigenvalue weighted by molar-refractivity contribution is 5.96. The number of methoxy groups -OCH3 is 1. The summed E-state index contributed by atoms with van der Waals surface area (Å²) in [7, 11) is 1.66. The van der Waals surface area contributed by atoms with Crippen molar-refractivity contribution in [3.63, 3.8) is 0 Å². The average Bonchev–Trinajstić information content (AvgIpc) is 3.05. The van der Waals surface area contributed by atoms with Crippen LogP contribution in [-0.4, -0.2) is 88.5 Å². The van der Waals surface area contributed by atoms with Gasteiger partial charge >= 0.3 is 0 Å². The highest BCUT2D eigenvalue weighted by atomic mass is 19.1. The smallest absolute Gasteiger partial charge is 0.241 e. The Bertz CT molecular complexity index is 965. The van der Waals surface area contributed by atoms with E-state index < -0.39 is 0 Å². The third-order valence-electron chi connectivity index (χ3n) is 6.91. The molecule has 2 aliphatic heterocycles. The predicted octanol–water partition coefficient (Wildman–Crippen LogP) is 3.50. The number of hydrogen-bond acceptors (Lipinski definition) is 5. The summed E-state index contributed by atoms with van der Waals surface area (Å²) in [5.41, 5.74) is 2.53. The zero-order valence-corrected chi connectivity index (χ0v) is 20.4. The Kier molecular flexibility index (Phi) is 9.20. The Balaban J connectivity index is 1.38. The van der Waals surface area contributed by atoms with Gasteiger partial charge in [0.1, 0.15) is 11.6 Å². The van der Waals surface area contributed by atoms with Crippen molar-refractivity contribution in [3.05, 3.63) is 65.2 Å². The van der Waals surface area contributed by atoms with Gasteiger partial charge in [-0.25, -0.2) is 8.78 Å². The van der Waals surface area contributed by atoms with E-state index >= 15 is 0 Å². The summed E-state index contributed by atoms with van der Waals surface area (Å²) in [6, 6.07) is 11.2. The van der Waals surface area contributed by atoms with E-state index in [4.69, 9.17) is 9.47 Å². The van der Waals surface area contributed by atoms with Crippen LogP contribution in [0.5, 0.6) is 0 Å². The molecule has 35 heavy (non-hydrogen) atoms. The lowest BCUT2D eigenvalue weighted by Crippen LogP contribution is -2.50. The molecule has 0 aliphatic carbocycles. The normalized spacial score (nSPS) is 19.4. The minimum absolute atomic E-state index is 0.00125. The summed E-state index contributed by atoms with van der Waals surface area (Å²) >= 11 is 0. The maximum Gasteiger partial charge on any atom is 0.241 e. The molecular weight excluding hydrogens is 452 g/mol. The van der Waals surface area contributed by atoms with Crippen molar-refractivity contribution in [2.24, 2.45) is 0 Å². The van der Waals surface area contributed by atoms with Gasteiger partial charge in [0.2, 0.25) is 5.91 Å². The fourth-order valence-electron chi connectivity index (χ4n) is 4.96. The Labute approximate surface area is 206 Å². The Hall–Kier alpha value is -2.39. The summed E-state index contributed by atoms with van der Waals surface area (Å²) in [6.45, 7) is 7.01. The number of piperazine rings is 1. The van der Waals surface area contributed by atoms with E-state index in [1.165, 1.54) is 24.3 Å². The van der Waals surface area contributed by atoms with Crippen LogP contribution in [0.4, 0.5) is 14.5 Å². The minimum Gasteiger partial charge on any atom is -0.382 e. The zero-order valence-electron chi connectivity index (χ0n) is 20.4. The lowest BCUT2D eigenvalue weighted by atomic mass is 9.87. The fraction of sp³-hybridized carbons (Fsp3) is 0.519. The maximum atomic E-state index is 14.3. The van der Waals surface area contributed by atoms with Crippen molar-refractivity contribution >= 4 is 11.6 Å². The number of carbonyl (C=O) groups excluding carboxylic acids is 1. The van der Waals surface area contributed by atoms with Gasteiger partial charge in [0.25, 0.3) is 0 Å². The second kappa shape index (κ2) is 12.5. The van der Waals surface area contributed by atoms with Crippen molar-refractivity contribution in [2.75, 3.05) is 77.6 Å². The molecule has 1 saturated heterocycles. The van der Waals surface area contributed by atoms with Gasteiger partial charge in [0.05, 0.1) is 32.1 Å². The van der Waals surface area contributed by atoms with Crippen molar-refractivity contribution < 1.29 is 23.0 Å². The second-order valence-corrected chi connectivity index (χ2v) is 9.22. The summed E-state index contributed by atoms with van der Waals surface area (Å²) in [4.78, 5) is 19.7. The van der Waals surface area contributed by atoms with Crippen molar-refractivity contribution in [1.29, 1.82) is 0 Å². The Morgan fingerprint density at radius 2 is 1.63 bits per heavy atom. The van der Waals surface area contributed by atoms with E-state index in [-0.39, 0.29) is 23.5 Å². The lowest BCUT2D eigenvalue weighted by molar-refractivity contribution is -0.120. The third-order valence-corrected chi connectivity index (χ3v) is 6.91. The predicted molar refractivity (Wildman–Crippen MR) is 132 cm³/mol. The van der Waals surface area contributed by atoms with Gasteiger partial charge in [0.15, 0.2) is 0 Å². The van der Waals surface area contributed by atoms with Gasteiger partial charge in [-0.15, -0.1) is 0 Å². The van der Waals surface area contributed by atoms with Crippen LogP contribution >= 0.6 is 0 Å². The molecule has 2 aromatic rings. The molecule has 6 nitrogen and oxygen atoms in total. The van der Waals surface area contributed by atoms with E-state index in [2.05, 4.69) is 9.80 Å². The molecule has 0 radical (unpaired) electrons. The number of amides is 1. The highest BCUT2D eigenvalue weighted by Gasteiger charge is 2.29. The number of anilines is 1. The van der Waals surface area contributed by atoms with Gasteiger partial charge in [-0.3, -0.25) is 14.6 Å². The van der Waals surface area contributed by atoms with Crippen LogP contribution < -0.4 is 4.90 Å². The molecule has 0 saturated carbocycles. The first-order valence-electron chi connectivity index (χ1n) is 12.4. The SMILES string of the molecule is COCCOCCN1CCN(CC(=O)N2CCCC(c3ccc(F)cc3)c3ccc(F)cc32)CC1.